The first-order chi connectivity index (χ1) is 7.68. The number of aromatic nitrogens is 1. The fourth-order valence-electron chi connectivity index (χ4n) is 2.21. The van der Waals surface area contributed by atoms with Crippen molar-refractivity contribution in [1.82, 2.24) is 4.98 Å². The van der Waals surface area contributed by atoms with Gasteiger partial charge in [-0.05, 0) is 37.3 Å². The third kappa shape index (κ3) is 2.15. The minimum absolute atomic E-state index is 0.0827. The van der Waals surface area contributed by atoms with Crippen LogP contribution in [0.4, 0.5) is 0 Å². The molecular weight excluding hydrogens is 204 g/mol. The number of pyridine rings is 1. The van der Waals surface area contributed by atoms with Crippen LogP contribution in [0.2, 0.25) is 0 Å². The van der Waals surface area contributed by atoms with Gasteiger partial charge in [0.2, 0.25) is 0 Å². The summed E-state index contributed by atoms with van der Waals surface area (Å²) in [7, 11) is 0. The Kier molecular flexibility index (Phi) is 3.08. The van der Waals surface area contributed by atoms with Gasteiger partial charge in [0.15, 0.2) is 0 Å². The van der Waals surface area contributed by atoms with Crippen molar-refractivity contribution in [2.75, 3.05) is 0 Å². The smallest absolute Gasteiger partial charge is 0.261 e. The Balaban J connectivity index is 2.45. The normalized spacial score (nSPS) is 16.0. The zero-order valence-corrected chi connectivity index (χ0v) is 9.21. The maximum Gasteiger partial charge on any atom is 0.261 e. The lowest BCUT2D eigenvalue weighted by Gasteiger charge is -2.13. The average molecular weight is 220 g/mol. The van der Waals surface area contributed by atoms with Gasteiger partial charge in [0, 0.05) is 5.69 Å². The highest BCUT2D eigenvalue weighted by Gasteiger charge is 2.13. The summed E-state index contributed by atoms with van der Waals surface area (Å²) in [6.07, 6.45) is 6.44. The molecule has 0 fully saturated rings. The van der Waals surface area contributed by atoms with Crippen molar-refractivity contribution < 1.29 is 4.79 Å². The van der Waals surface area contributed by atoms with Crippen LogP contribution in [-0.2, 0) is 12.8 Å². The van der Waals surface area contributed by atoms with E-state index in [1.165, 1.54) is 12.8 Å². The Labute approximate surface area is 93.9 Å². The molecule has 0 aliphatic heterocycles. The lowest BCUT2D eigenvalue weighted by molar-refractivity contribution is 0.0998. The Hall–Kier alpha value is -1.58. The largest absolute Gasteiger partial charge is 0.365 e. The van der Waals surface area contributed by atoms with Crippen molar-refractivity contribution in [1.29, 1.82) is 0 Å². The molecule has 0 aromatic carbocycles. The van der Waals surface area contributed by atoms with Gasteiger partial charge in [-0.15, -0.1) is 0 Å². The fraction of sp³-hybridized carbons (Fsp3) is 0.500. The molecule has 0 atom stereocenters. The summed E-state index contributed by atoms with van der Waals surface area (Å²) in [6, 6.07) is 1.67. The van der Waals surface area contributed by atoms with Gasteiger partial charge in [0.1, 0.15) is 5.56 Å². The predicted octanol–water partition coefficient (Wildman–Crippen LogP) is 1.13. The average Bonchev–Trinajstić information content (AvgIpc) is 2.20. The number of aryl methyl sites for hydroxylation is 2. The molecule has 1 aromatic rings. The van der Waals surface area contributed by atoms with Gasteiger partial charge in [-0.25, -0.2) is 0 Å². The summed E-state index contributed by atoms with van der Waals surface area (Å²) in [5.41, 5.74) is 6.94. The van der Waals surface area contributed by atoms with E-state index in [0.717, 1.165) is 36.9 Å². The third-order valence-electron chi connectivity index (χ3n) is 3.10. The molecule has 4 nitrogen and oxygen atoms in total. The maximum absolute atomic E-state index is 11.6. The standard InChI is InChI=1S/C12H16N2O2/c13-11(15)9-7-8-5-3-1-2-4-6-10(8)14-12(9)16/h7H,1-6H2,(H2,13,15)(H,14,16). The molecule has 0 spiro atoms. The van der Waals surface area contributed by atoms with E-state index in [1.807, 2.05) is 0 Å². The summed E-state index contributed by atoms with van der Waals surface area (Å²) < 4.78 is 0. The fourth-order valence-corrected chi connectivity index (χ4v) is 2.21. The number of aromatic amines is 1. The van der Waals surface area contributed by atoms with E-state index in [1.54, 1.807) is 6.07 Å². The molecule has 1 aliphatic carbocycles. The van der Waals surface area contributed by atoms with Crippen LogP contribution in [0.3, 0.4) is 0 Å². The first-order valence-corrected chi connectivity index (χ1v) is 5.73. The topological polar surface area (TPSA) is 76.0 Å². The number of carbonyl (C=O) groups is 1. The third-order valence-corrected chi connectivity index (χ3v) is 3.10. The highest BCUT2D eigenvalue weighted by Crippen LogP contribution is 2.17. The molecule has 0 saturated carbocycles. The maximum atomic E-state index is 11.6. The number of H-pyrrole nitrogens is 1. The van der Waals surface area contributed by atoms with Gasteiger partial charge in [-0.3, -0.25) is 9.59 Å². The van der Waals surface area contributed by atoms with E-state index < -0.39 is 5.91 Å². The van der Waals surface area contributed by atoms with E-state index in [9.17, 15) is 9.59 Å². The van der Waals surface area contributed by atoms with E-state index in [4.69, 9.17) is 5.73 Å². The quantitative estimate of drug-likeness (QED) is 0.744. The van der Waals surface area contributed by atoms with Crippen LogP contribution >= 0.6 is 0 Å². The molecular formula is C12H16N2O2. The van der Waals surface area contributed by atoms with E-state index in [0.29, 0.717) is 0 Å². The highest BCUT2D eigenvalue weighted by atomic mass is 16.2. The number of primary amides is 1. The van der Waals surface area contributed by atoms with E-state index >= 15 is 0 Å². The molecule has 1 aliphatic rings. The molecule has 0 saturated heterocycles. The highest BCUT2D eigenvalue weighted by molar-refractivity contribution is 5.92. The van der Waals surface area contributed by atoms with Gasteiger partial charge in [-0.1, -0.05) is 12.8 Å². The number of nitrogens with two attached hydrogens (primary N) is 1. The summed E-state index contributed by atoms with van der Waals surface area (Å²) in [5, 5.41) is 0. The van der Waals surface area contributed by atoms with Crippen molar-refractivity contribution in [2.45, 2.75) is 38.5 Å². The number of nitrogens with one attached hydrogen (secondary N) is 1. The van der Waals surface area contributed by atoms with Crippen LogP contribution in [-0.4, -0.2) is 10.9 Å². The number of rotatable bonds is 1. The van der Waals surface area contributed by atoms with Crippen LogP contribution in [0.15, 0.2) is 10.9 Å². The molecule has 1 amide bonds. The van der Waals surface area contributed by atoms with Gasteiger partial charge < -0.3 is 10.7 Å². The lowest BCUT2D eigenvalue weighted by atomic mass is 9.96. The zero-order chi connectivity index (χ0) is 11.5. The lowest BCUT2D eigenvalue weighted by Crippen LogP contribution is -2.25. The Bertz CT molecular complexity index is 463. The second-order valence-electron chi connectivity index (χ2n) is 4.29. The minimum atomic E-state index is -0.647. The molecule has 4 heteroatoms. The van der Waals surface area contributed by atoms with Crippen LogP contribution in [0.1, 0.15) is 47.3 Å². The van der Waals surface area contributed by atoms with E-state index in [-0.39, 0.29) is 11.1 Å². The number of carbonyl (C=O) groups excluding carboxylic acids is 1. The molecule has 0 radical (unpaired) electrons. The van der Waals surface area contributed by atoms with Crippen LogP contribution in [0.5, 0.6) is 0 Å². The van der Waals surface area contributed by atoms with Gasteiger partial charge in [-0.2, -0.15) is 0 Å². The van der Waals surface area contributed by atoms with Crippen LogP contribution in [0, 0.1) is 0 Å². The molecule has 1 aromatic heterocycles. The Morgan fingerprint density at radius 3 is 2.56 bits per heavy atom. The monoisotopic (exact) mass is 220 g/mol. The van der Waals surface area contributed by atoms with Gasteiger partial charge in [0.05, 0.1) is 0 Å². The SMILES string of the molecule is NC(=O)c1cc2c([nH]c1=O)CCCCCC2. The first kappa shape index (κ1) is 10.9. The molecule has 86 valence electrons. The summed E-state index contributed by atoms with van der Waals surface area (Å²) >= 11 is 0. The second-order valence-corrected chi connectivity index (χ2v) is 4.29. The summed E-state index contributed by atoms with van der Waals surface area (Å²) in [5.74, 6) is -0.647. The number of hydrogen-bond acceptors (Lipinski definition) is 2. The van der Waals surface area contributed by atoms with Crippen molar-refractivity contribution in [3.63, 3.8) is 0 Å². The second kappa shape index (κ2) is 4.51. The van der Waals surface area contributed by atoms with Crippen LogP contribution in [0.25, 0.3) is 0 Å². The number of hydrogen-bond donors (Lipinski definition) is 2. The summed E-state index contributed by atoms with van der Waals surface area (Å²) in [4.78, 5) is 25.4. The van der Waals surface area contributed by atoms with Crippen LogP contribution < -0.4 is 11.3 Å². The molecule has 2 rings (SSSR count). The van der Waals surface area contributed by atoms with Gasteiger partial charge >= 0.3 is 0 Å². The van der Waals surface area contributed by atoms with Gasteiger partial charge in [0.25, 0.3) is 11.5 Å². The molecule has 1 heterocycles. The molecule has 16 heavy (non-hydrogen) atoms. The van der Waals surface area contributed by atoms with Crippen molar-refractivity contribution >= 4 is 5.91 Å². The molecule has 0 unspecified atom stereocenters. The number of amides is 1. The number of fused-ring (bicyclic) bond motifs is 1. The van der Waals surface area contributed by atoms with Crippen molar-refractivity contribution in [3.05, 3.63) is 33.2 Å². The van der Waals surface area contributed by atoms with E-state index in [2.05, 4.69) is 4.98 Å². The Morgan fingerprint density at radius 1 is 1.19 bits per heavy atom. The zero-order valence-electron chi connectivity index (χ0n) is 9.21. The molecule has 3 N–H and O–H groups in total. The minimum Gasteiger partial charge on any atom is -0.365 e. The van der Waals surface area contributed by atoms with Crippen molar-refractivity contribution in [3.8, 4) is 0 Å². The first-order valence-electron chi connectivity index (χ1n) is 5.73. The van der Waals surface area contributed by atoms with Crippen molar-refractivity contribution in [2.24, 2.45) is 5.73 Å². The molecule has 0 bridgehead atoms. The summed E-state index contributed by atoms with van der Waals surface area (Å²) in [6.45, 7) is 0. The Morgan fingerprint density at radius 2 is 1.88 bits per heavy atom. The predicted molar refractivity (Wildman–Crippen MR) is 61.5 cm³/mol.